The quantitative estimate of drug-likeness (QED) is 0.318. The third-order valence-corrected chi connectivity index (χ3v) is 5.92. The lowest BCUT2D eigenvalue weighted by molar-refractivity contribution is 0.298. The summed E-state index contributed by atoms with van der Waals surface area (Å²) in [5.41, 5.74) is 3.82. The first-order valence-corrected chi connectivity index (χ1v) is 10.4. The number of rotatable bonds is 8. The highest BCUT2D eigenvalue weighted by Crippen LogP contribution is 2.18. The van der Waals surface area contributed by atoms with Crippen molar-refractivity contribution < 1.29 is 0 Å². The molecule has 0 saturated heterocycles. The predicted octanol–water partition coefficient (Wildman–Crippen LogP) is 3.95. The number of benzene rings is 1. The number of halogens is 1. The minimum Gasteiger partial charge on any atom is -0.356 e. The summed E-state index contributed by atoms with van der Waals surface area (Å²) < 4.78 is 0. The van der Waals surface area contributed by atoms with E-state index in [0.717, 1.165) is 37.6 Å². The first kappa shape index (κ1) is 24.8. The molecule has 0 spiro atoms. The van der Waals surface area contributed by atoms with Crippen LogP contribution in [0.2, 0.25) is 0 Å². The Morgan fingerprint density at radius 2 is 1.86 bits per heavy atom. The van der Waals surface area contributed by atoms with Crippen LogP contribution in [0.5, 0.6) is 0 Å². The Balaban J connectivity index is 0.00000392. The van der Waals surface area contributed by atoms with Gasteiger partial charge in [0.25, 0.3) is 0 Å². The lowest BCUT2D eigenvalue weighted by atomic mass is 10.0. The highest BCUT2D eigenvalue weighted by molar-refractivity contribution is 14.0. The van der Waals surface area contributed by atoms with Crippen LogP contribution in [0.3, 0.4) is 0 Å². The van der Waals surface area contributed by atoms with Crippen LogP contribution in [0.15, 0.2) is 29.3 Å². The van der Waals surface area contributed by atoms with Crippen LogP contribution < -0.4 is 10.6 Å². The second-order valence-corrected chi connectivity index (χ2v) is 8.24. The molecular weight excluding hydrogens is 481 g/mol. The van der Waals surface area contributed by atoms with Crippen LogP contribution in [-0.4, -0.2) is 50.1 Å². The SMILES string of the molecule is CCc1ccc(C(CNC(=NC)NCCc2nc(C)c(C)s2)N(C)C)cc1.I. The summed E-state index contributed by atoms with van der Waals surface area (Å²) in [7, 11) is 6.04. The Hall–Kier alpha value is -1.19. The fourth-order valence-electron chi connectivity index (χ4n) is 2.92. The summed E-state index contributed by atoms with van der Waals surface area (Å²) in [6.07, 6.45) is 1.98. The maximum absolute atomic E-state index is 4.60. The van der Waals surface area contributed by atoms with Crippen LogP contribution in [0, 0.1) is 13.8 Å². The summed E-state index contributed by atoms with van der Waals surface area (Å²) >= 11 is 1.78. The maximum Gasteiger partial charge on any atom is 0.191 e. The van der Waals surface area contributed by atoms with Gasteiger partial charge in [-0.2, -0.15) is 0 Å². The molecule has 1 heterocycles. The fourth-order valence-corrected chi connectivity index (χ4v) is 3.86. The van der Waals surface area contributed by atoms with Gasteiger partial charge in [0.1, 0.15) is 0 Å². The van der Waals surface area contributed by atoms with Crippen LogP contribution in [0.25, 0.3) is 0 Å². The Morgan fingerprint density at radius 1 is 1.18 bits per heavy atom. The zero-order chi connectivity index (χ0) is 19.8. The van der Waals surface area contributed by atoms with Crippen LogP contribution >= 0.6 is 35.3 Å². The number of likely N-dealkylation sites (N-methyl/N-ethyl adjacent to an activating group) is 1. The summed E-state index contributed by atoms with van der Waals surface area (Å²) in [6.45, 7) is 8.00. The third-order valence-electron chi connectivity index (χ3n) is 4.79. The molecule has 2 N–H and O–H groups in total. The predicted molar refractivity (Wildman–Crippen MR) is 132 cm³/mol. The number of nitrogens with one attached hydrogen (secondary N) is 2. The highest BCUT2D eigenvalue weighted by atomic mass is 127. The molecule has 156 valence electrons. The zero-order valence-electron chi connectivity index (χ0n) is 17.9. The molecule has 0 aliphatic rings. The molecule has 0 fully saturated rings. The number of aromatic nitrogens is 1. The van der Waals surface area contributed by atoms with Crippen molar-refractivity contribution in [3.8, 4) is 0 Å². The van der Waals surface area contributed by atoms with E-state index in [1.807, 2.05) is 7.05 Å². The normalized spacial score (nSPS) is 12.6. The first-order valence-electron chi connectivity index (χ1n) is 9.57. The van der Waals surface area contributed by atoms with Gasteiger partial charge in [-0.3, -0.25) is 4.99 Å². The number of nitrogens with zero attached hydrogens (tertiary/aromatic N) is 3. The van der Waals surface area contributed by atoms with Gasteiger partial charge < -0.3 is 15.5 Å². The number of thiazole rings is 1. The van der Waals surface area contributed by atoms with Gasteiger partial charge in [0, 0.05) is 31.4 Å². The fraction of sp³-hybridized carbons (Fsp3) is 0.524. The maximum atomic E-state index is 4.60. The molecule has 0 radical (unpaired) electrons. The van der Waals surface area contributed by atoms with Gasteiger partial charge >= 0.3 is 0 Å². The molecule has 1 aromatic carbocycles. The van der Waals surface area contributed by atoms with Gasteiger partial charge in [0.15, 0.2) is 5.96 Å². The van der Waals surface area contributed by atoms with E-state index in [2.05, 4.69) is 84.6 Å². The van der Waals surface area contributed by atoms with Crippen molar-refractivity contribution in [3.05, 3.63) is 51.0 Å². The summed E-state index contributed by atoms with van der Waals surface area (Å²) in [4.78, 5) is 12.5. The first-order chi connectivity index (χ1) is 12.9. The lowest BCUT2D eigenvalue weighted by Crippen LogP contribution is -2.42. The van der Waals surface area contributed by atoms with Crippen molar-refractivity contribution in [2.75, 3.05) is 34.2 Å². The molecule has 2 aromatic rings. The van der Waals surface area contributed by atoms with E-state index < -0.39 is 0 Å². The van der Waals surface area contributed by atoms with Crippen molar-refractivity contribution >= 4 is 41.3 Å². The van der Waals surface area contributed by atoms with E-state index in [1.54, 1.807) is 11.3 Å². The average molecular weight is 516 g/mol. The second kappa shape index (κ2) is 12.4. The van der Waals surface area contributed by atoms with E-state index in [1.165, 1.54) is 21.0 Å². The van der Waals surface area contributed by atoms with Crippen molar-refractivity contribution in [2.24, 2.45) is 4.99 Å². The molecule has 1 unspecified atom stereocenters. The molecule has 7 heteroatoms. The summed E-state index contributed by atoms with van der Waals surface area (Å²) in [5.74, 6) is 0.831. The van der Waals surface area contributed by atoms with E-state index in [0.29, 0.717) is 6.04 Å². The largest absolute Gasteiger partial charge is 0.356 e. The van der Waals surface area contributed by atoms with E-state index in [4.69, 9.17) is 0 Å². The minimum absolute atomic E-state index is 0. The Bertz CT molecular complexity index is 720. The zero-order valence-corrected chi connectivity index (χ0v) is 21.0. The molecule has 5 nitrogen and oxygen atoms in total. The molecule has 0 aliphatic heterocycles. The average Bonchev–Trinajstić information content (AvgIpc) is 2.98. The number of guanidine groups is 1. The van der Waals surface area contributed by atoms with Crippen molar-refractivity contribution in [2.45, 2.75) is 39.7 Å². The number of hydrogen-bond donors (Lipinski definition) is 2. The number of aliphatic imine (C=N–C) groups is 1. The van der Waals surface area contributed by atoms with Gasteiger partial charge in [-0.05, 0) is 45.5 Å². The van der Waals surface area contributed by atoms with E-state index in [-0.39, 0.29) is 24.0 Å². The second-order valence-electron chi connectivity index (χ2n) is 6.95. The molecule has 0 saturated carbocycles. The van der Waals surface area contributed by atoms with E-state index in [9.17, 15) is 0 Å². The molecule has 0 aliphatic carbocycles. The van der Waals surface area contributed by atoms with Crippen LogP contribution in [0.4, 0.5) is 0 Å². The minimum atomic E-state index is 0. The van der Waals surface area contributed by atoms with Gasteiger partial charge in [-0.15, -0.1) is 35.3 Å². The molecule has 1 atom stereocenters. The smallest absolute Gasteiger partial charge is 0.191 e. The van der Waals surface area contributed by atoms with Crippen LogP contribution in [-0.2, 0) is 12.8 Å². The third kappa shape index (κ3) is 7.33. The van der Waals surface area contributed by atoms with E-state index >= 15 is 0 Å². The molecular formula is C21H34IN5S. The highest BCUT2D eigenvalue weighted by Gasteiger charge is 2.14. The van der Waals surface area contributed by atoms with Crippen molar-refractivity contribution in [1.29, 1.82) is 0 Å². The van der Waals surface area contributed by atoms with Gasteiger partial charge in [-0.1, -0.05) is 31.2 Å². The molecule has 28 heavy (non-hydrogen) atoms. The Morgan fingerprint density at radius 3 is 2.36 bits per heavy atom. The molecule has 2 rings (SSSR count). The number of hydrogen-bond acceptors (Lipinski definition) is 4. The Kier molecular flexibility index (Phi) is 11.0. The van der Waals surface area contributed by atoms with Gasteiger partial charge in [0.2, 0.25) is 0 Å². The van der Waals surface area contributed by atoms with Gasteiger partial charge in [0.05, 0.1) is 16.7 Å². The van der Waals surface area contributed by atoms with Gasteiger partial charge in [-0.25, -0.2) is 4.98 Å². The van der Waals surface area contributed by atoms with Crippen molar-refractivity contribution in [1.82, 2.24) is 20.5 Å². The standard InChI is InChI=1S/C21H33N5S.HI/c1-7-17-8-10-18(11-9-17)19(26(5)6)14-24-21(22-4)23-13-12-20-25-15(2)16(3)27-20;/h8-11,19H,7,12-14H2,1-6H3,(H2,22,23,24);1H. The summed E-state index contributed by atoms with van der Waals surface area (Å²) in [5, 5.41) is 8.03. The summed E-state index contributed by atoms with van der Waals surface area (Å²) in [6, 6.07) is 9.19. The van der Waals surface area contributed by atoms with Crippen LogP contribution in [0.1, 0.15) is 39.7 Å². The Labute approximate surface area is 191 Å². The lowest BCUT2D eigenvalue weighted by Gasteiger charge is -2.26. The van der Waals surface area contributed by atoms with Crippen molar-refractivity contribution in [3.63, 3.8) is 0 Å². The topological polar surface area (TPSA) is 52.6 Å². The molecule has 0 amide bonds. The number of aryl methyl sites for hydroxylation is 3. The molecule has 0 bridgehead atoms. The monoisotopic (exact) mass is 515 g/mol. The molecule has 1 aromatic heterocycles.